The summed E-state index contributed by atoms with van der Waals surface area (Å²) >= 11 is 3.15. The normalized spacial score (nSPS) is 25.4. The van der Waals surface area contributed by atoms with Crippen LogP contribution in [0.3, 0.4) is 0 Å². The van der Waals surface area contributed by atoms with Crippen molar-refractivity contribution in [1.29, 1.82) is 0 Å². The first-order chi connectivity index (χ1) is 7.65. The lowest BCUT2D eigenvalue weighted by atomic mass is 9.93. The van der Waals surface area contributed by atoms with Gasteiger partial charge in [-0.3, -0.25) is 0 Å². The average molecular weight is 290 g/mol. The second kappa shape index (κ2) is 5.05. The molecule has 1 saturated carbocycles. The van der Waals surface area contributed by atoms with E-state index >= 15 is 0 Å². The smallest absolute Gasteiger partial charge is 0.255 e. The fourth-order valence-electron chi connectivity index (χ4n) is 1.86. The van der Waals surface area contributed by atoms with Crippen molar-refractivity contribution in [2.45, 2.75) is 37.8 Å². The maximum atomic E-state index is 13.3. The highest BCUT2D eigenvalue weighted by molar-refractivity contribution is 9.10. The molecule has 4 nitrogen and oxygen atoms in total. The average Bonchev–Trinajstić information content (AvgIpc) is 2.27. The van der Waals surface area contributed by atoms with Crippen molar-refractivity contribution < 1.29 is 9.50 Å². The molecule has 0 atom stereocenters. The zero-order chi connectivity index (χ0) is 11.5. The lowest BCUT2D eigenvalue weighted by Crippen LogP contribution is -2.29. The third-order valence-electron chi connectivity index (χ3n) is 2.74. The molecule has 1 aliphatic rings. The Kier molecular flexibility index (Phi) is 3.70. The minimum Gasteiger partial charge on any atom is -0.393 e. The number of hydrogen-bond donors (Lipinski definition) is 2. The predicted octanol–water partition coefficient (Wildman–Crippen LogP) is 2.09. The second-order valence-corrected chi connectivity index (χ2v) is 4.79. The molecule has 0 radical (unpaired) electrons. The van der Waals surface area contributed by atoms with Gasteiger partial charge in [0.05, 0.1) is 12.3 Å². The summed E-state index contributed by atoms with van der Waals surface area (Å²) in [7, 11) is 0. The standard InChI is InChI=1S/C10H13BrFN3O/c11-8-5-13-9(12)10(15-8)14-6-1-3-7(16)4-2-6/h5-7,16H,1-4H2,(H,14,15). The molecule has 0 unspecified atom stereocenters. The summed E-state index contributed by atoms with van der Waals surface area (Å²) in [4.78, 5) is 7.56. The maximum Gasteiger partial charge on any atom is 0.255 e. The molecule has 0 spiro atoms. The van der Waals surface area contributed by atoms with Crippen molar-refractivity contribution in [3.05, 3.63) is 16.7 Å². The Morgan fingerprint density at radius 1 is 1.38 bits per heavy atom. The molecule has 1 aromatic rings. The van der Waals surface area contributed by atoms with E-state index in [1.54, 1.807) is 0 Å². The van der Waals surface area contributed by atoms with Crippen LogP contribution in [0.1, 0.15) is 25.7 Å². The van der Waals surface area contributed by atoms with Gasteiger partial charge in [-0.05, 0) is 41.6 Å². The van der Waals surface area contributed by atoms with Gasteiger partial charge >= 0.3 is 0 Å². The van der Waals surface area contributed by atoms with E-state index in [9.17, 15) is 9.50 Å². The zero-order valence-corrected chi connectivity index (χ0v) is 10.2. The largest absolute Gasteiger partial charge is 0.393 e. The molecule has 0 aromatic carbocycles. The number of aliphatic hydroxyl groups excluding tert-OH is 1. The van der Waals surface area contributed by atoms with Crippen molar-refractivity contribution in [3.63, 3.8) is 0 Å². The van der Waals surface area contributed by atoms with Crippen LogP contribution in [0.25, 0.3) is 0 Å². The molecule has 0 bridgehead atoms. The minimum atomic E-state index is -0.589. The van der Waals surface area contributed by atoms with Crippen molar-refractivity contribution >= 4 is 21.7 Å². The van der Waals surface area contributed by atoms with Gasteiger partial charge in [-0.25, -0.2) is 9.97 Å². The van der Waals surface area contributed by atoms with Crippen LogP contribution in [0.4, 0.5) is 10.2 Å². The summed E-state index contributed by atoms with van der Waals surface area (Å²) in [5.74, 6) is -0.412. The number of hydrogen-bond acceptors (Lipinski definition) is 4. The molecule has 6 heteroatoms. The maximum absolute atomic E-state index is 13.3. The van der Waals surface area contributed by atoms with Crippen molar-refractivity contribution in [2.75, 3.05) is 5.32 Å². The molecule has 0 amide bonds. The van der Waals surface area contributed by atoms with Crippen LogP contribution < -0.4 is 5.32 Å². The number of halogens is 2. The number of anilines is 1. The summed E-state index contributed by atoms with van der Waals surface area (Å²) in [6, 6.07) is 0.168. The quantitative estimate of drug-likeness (QED) is 0.875. The van der Waals surface area contributed by atoms with Gasteiger partial charge in [0.15, 0.2) is 5.82 Å². The van der Waals surface area contributed by atoms with E-state index in [1.807, 2.05) is 0 Å². The molecule has 0 aliphatic heterocycles. The fourth-order valence-corrected chi connectivity index (χ4v) is 2.14. The van der Waals surface area contributed by atoms with Gasteiger partial charge < -0.3 is 10.4 Å². The first-order valence-electron chi connectivity index (χ1n) is 5.28. The Labute approximate surface area is 101 Å². The summed E-state index contributed by atoms with van der Waals surface area (Å²) in [5.41, 5.74) is 0. The minimum absolute atomic E-state index is 0.168. The molecule has 0 saturated heterocycles. The topological polar surface area (TPSA) is 58.0 Å². The predicted molar refractivity (Wildman–Crippen MR) is 61.6 cm³/mol. The highest BCUT2D eigenvalue weighted by Gasteiger charge is 2.20. The molecular formula is C10H13BrFN3O. The van der Waals surface area contributed by atoms with Gasteiger partial charge in [-0.1, -0.05) is 0 Å². The number of rotatable bonds is 2. The molecule has 88 valence electrons. The number of nitrogens with zero attached hydrogens (tertiary/aromatic N) is 2. The Hall–Kier alpha value is -0.750. The molecule has 2 N–H and O–H groups in total. The highest BCUT2D eigenvalue weighted by atomic mass is 79.9. The van der Waals surface area contributed by atoms with E-state index in [2.05, 4.69) is 31.2 Å². The van der Waals surface area contributed by atoms with Crippen LogP contribution in [-0.4, -0.2) is 27.2 Å². The lowest BCUT2D eigenvalue weighted by molar-refractivity contribution is 0.126. The summed E-state index contributed by atoms with van der Waals surface area (Å²) in [6.45, 7) is 0. The molecule has 1 aliphatic carbocycles. The van der Waals surface area contributed by atoms with Gasteiger partial charge in [-0.2, -0.15) is 4.39 Å². The number of nitrogens with one attached hydrogen (secondary N) is 1. The summed E-state index contributed by atoms with van der Waals surface area (Å²) in [5, 5.41) is 12.4. The number of aliphatic hydroxyl groups is 1. The first-order valence-corrected chi connectivity index (χ1v) is 6.07. The van der Waals surface area contributed by atoms with E-state index < -0.39 is 5.95 Å². The SMILES string of the molecule is OC1CCC(Nc2nc(Br)cnc2F)CC1. The molecule has 16 heavy (non-hydrogen) atoms. The first kappa shape index (κ1) is 11.7. The number of aromatic nitrogens is 2. The van der Waals surface area contributed by atoms with Crippen molar-refractivity contribution in [1.82, 2.24) is 9.97 Å². The van der Waals surface area contributed by atoms with Gasteiger partial charge in [0.1, 0.15) is 4.60 Å². The third-order valence-corrected chi connectivity index (χ3v) is 3.12. The van der Waals surface area contributed by atoms with Crippen molar-refractivity contribution in [2.24, 2.45) is 0 Å². The van der Waals surface area contributed by atoms with Gasteiger partial charge in [0.2, 0.25) is 0 Å². The highest BCUT2D eigenvalue weighted by Crippen LogP contribution is 2.22. The monoisotopic (exact) mass is 289 g/mol. The van der Waals surface area contributed by atoms with Crippen LogP contribution in [0, 0.1) is 5.95 Å². The molecular weight excluding hydrogens is 277 g/mol. The lowest BCUT2D eigenvalue weighted by Gasteiger charge is -2.26. The van der Waals surface area contributed by atoms with E-state index in [0.717, 1.165) is 25.7 Å². The van der Waals surface area contributed by atoms with E-state index in [-0.39, 0.29) is 18.0 Å². The van der Waals surface area contributed by atoms with E-state index in [1.165, 1.54) is 6.20 Å². The Morgan fingerprint density at radius 2 is 2.06 bits per heavy atom. The Balaban J connectivity index is 2.00. The van der Waals surface area contributed by atoms with E-state index in [4.69, 9.17) is 0 Å². The molecule has 1 fully saturated rings. The van der Waals surface area contributed by atoms with Crippen LogP contribution in [0.15, 0.2) is 10.8 Å². The van der Waals surface area contributed by atoms with Crippen LogP contribution in [-0.2, 0) is 0 Å². The van der Waals surface area contributed by atoms with E-state index in [0.29, 0.717) is 4.60 Å². The van der Waals surface area contributed by atoms with Crippen LogP contribution >= 0.6 is 15.9 Å². The van der Waals surface area contributed by atoms with Crippen LogP contribution in [0.2, 0.25) is 0 Å². The Morgan fingerprint density at radius 3 is 2.75 bits per heavy atom. The molecule has 2 rings (SSSR count). The molecule has 1 aromatic heterocycles. The van der Waals surface area contributed by atoms with Crippen LogP contribution in [0.5, 0.6) is 0 Å². The second-order valence-electron chi connectivity index (χ2n) is 3.98. The zero-order valence-electron chi connectivity index (χ0n) is 8.66. The van der Waals surface area contributed by atoms with Crippen molar-refractivity contribution in [3.8, 4) is 0 Å². The third kappa shape index (κ3) is 2.89. The van der Waals surface area contributed by atoms with Gasteiger partial charge in [0.25, 0.3) is 5.95 Å². The molecule has 1 heterocycles. The van der Waals surface area contributed by atoms with Gasteiger partial charge in [-0.15, -0.1) is 0 Å². The Bertz CT molecular complexity index is 369. The van der Waals surface area contributed by atoms with Gasteiger partial charge in [0, 0.05) is 6.04 Å². The summed E-state index contributed by atoms with van der Waals surface area (Å²) < 4.78 is 13.8. The fraction of sp³-hybridized carbons (Fsp3) is 0.600. The summed E-state index contributed by atoms with van der Waals surface area (Å²) in [6.07, 6.45) is 4.27.